The van der Waals surface area contributed by atoms with Gasteiger partial charge in [-0.05, 0) is 38.0 Å². The molecule has 0 saturated carbocycles. The van der Waals surface area contributed by atoms with Gasteiger partial charge >= 0.3 is 0 Å². The topological polar surface area (TPSA) is 47.3 Å². The predicted octanol–water partition coefficient (Wildman–Crippen LogP) is 3.46. The number of hydrogen-bond donors (Lipinski definition) is 1. The van der Waals surface area contributed by atoms with Crippen LogP contribution in [0.1, 0.15) is 35.5 Å². The number of hydrogen-bond acceptors (Lipinski definition) is 3. The molecular weight excluding hydrogens is 288 g/mol. The number of aliphatic hydroxyl groups excluding tert-OH is 1. The van der Waals surface area contributed by atoms with Crippen molar-refractivity contribution in [1.29, 1.82) is 0 Å². The number of ether oxygens (including phenoxy) is 1. The summed E-state index contributed by atoms with van der Waals surface area (Å²) in [6.07, 6.45) is -0.210. The van der Waals surface area contributed by atoms with Gasteiger partial charge < -0.3 is 9.84 Å². The van der Waals surface area contributed by atoms with Crippen LogP contribution >= 0.6 is 11.6 Å². The van der Waals surface area contributed by atoms with Gasteiger partial charge in [0, 0.05) is 13.0 Å². The molecule has 1 N–H and O–H groups in total. The second-order valence-corrected chi connectivity index (χ2v) is 5.49. The molecule has 5 heteroatoms. The first-order valence-corrected chi connectivity index (χ1v) is 7.40. The molecule has 1 atom stereocenters. The van der Waals surface area contributed by atoms with Crippen molar-refractivity contribution in [1.82, 2.24) is 9.78 Å². The van der Waals surface area contributed by atoms with Crippen LogP contribution < -0.4 is 4.74 Å². The van der Waals surface area contributed by atoms with Gasteiger partial charge in [-0.25, -0.2) is 0 Å². The molecule has 1 aromatic heterocycles. The molecule has 0 radical (unpaired) electrons. The minimum Gasteiger partial charge on any atom is -0.496 e. The lowest BCUT2D eigenvalue weighted by atomic mass is 10.0. The van der Waals surface area contributed by atoms with Crippen molar-refractivity contribution in [2.75, 3.05) is 7.11 Å². The summed E-state index contributed by atoms with van der Waals surface area (Å²) in [6.45, 7) is 6.58. The van der Waals surface area contributed by atoms with Gasteiger partial charge in [-0.15, -0.1) is 0 Å². The van der Waals surface area contributed by atoms with Crippen LogP contribution in [0.5, 0.6) is 5.75 Å². The third-order valence-electron chi connectivity index (χ3n) is 3.66. The Labute approximate surface area is 130 Å². The van der Waals surface area contributed by atoms with Gasteiger partial charge in [-0.3, -0.25) is 4.68 Å². The van der Waals surface area contributed by atoms with E-state index in [1.807, 2.05) is 43.7 Å². The normalized spacial score (nSPS) is 12.5. The molecule has 1 unspecified atom stereocenters. The summed E-state index contributed by atoms with van der Waals surface area (Å²) in [6, 6.07) is 5.73. The summed E-state index contributed by atoms with van der Waals surface area (Å²) in [7, 11) is 1.63. The Morgan fingerprint density at radius 1 is 1.38 bits per heavy atom. The van der Waals surface area contributed by atoms with Crippen molar-refractivity contribution < 1.29 is 9.84 Å². The molecule has 0 amide bonds. The van der Waals surface area contributed by atoms with Crippen molar-refractivity contribution in [3.8, 4) is 5.75 Å². The fourth-order valence-electron chi connectivity index (χ4n) is 2.41. The highest BCUT2D eigenvalue weighted by Crippen LogP contribution is 2.28. The number of halogens is 1. The maximum absolute atomic E-state index is 10.5. The molecule has 0 aliphatic rings. The van der Waals surface area contributed by atoms with E-state index < -0.39 is 6.10 Å². The average Bonchev–Trinajstić information content (AvgIpc) is 2.75. The van der Waals surface area contributed by atoms with Crippen LogP contribution in [-0.4, -0.2) is 22.0 Å². The summed E-state index contributed by atoms with van der Waals surface area (Å²) in [5.74, 6) is 0.776. The van der Waals surface area contributed by atoms with E-state index in [4.69, 9.17) is 16.3 Å². The van der Waals surface area contributed by atoms with Crippen molar-refractivity contribution in [2.45, 2.75) is 39.8 Å². The molecule has 2 rings (SSSR count). The lowest BCUT2D eigenvalue weighted by Crippen LogP contribution is -2.09. The van der Waals surface area contributed by atoms with E-state index in [1.54, 1.807) is 7.11 Å². The molecule has 0 spiro atoms. The number of nitrogens with zero attached hydrogens (tertiary/aromatic N) is 2. The van der Waals surface area contributed by atoms with Crippen molar-refractivity contribution in [3.63, 3.8) is 0 Å². The zero-order valence-corrected chi connectivity index (χ0v) is 13.6. The third kappa shape index (κ3) is 3.22. The Morgan fingerprint density at radius 2 is 2.10 bits per heavy atom. The number of benzene rings is 1. The highest BCUT2D eigenvalue weighted by atomic mass is 35.5. The third-order valence-corrected chi connectivity index (χ3v) is 4.15. The minimum absolute atomic E-state index is 0.430. The molecule has 1 heterocycles. The van der Waals surface area contributed by atoms with E-state index in [9.17, 15) is 5.11 Å². The Bertz CT molecular complexity index is 637. The number of aromatic nitrogens is 2. The smallest absolute Gasteiger partial charge is 0.122 e. The van der Waals surface area contributed by atoms with E-state index in [0.717, 1.165) is 34.8 Å². The molecule has 0 aliphatic carbocycles. The van der Waals surface area contributed by atoms with E-state index in [1.165, 1.54) is 0 Å². The largest absolute Gasteiger partial charge is 0.496 e. The fraction of sp³-hybridized carbons (Fsp3) is 0.438. The van der Waals surface area contributed by atoms with Gasteiger partial charge in [0.15, 0.2) is 0 Å². The average molecular weight is 309 g/mol. The van der Waals surface area contributed by atoms with Crippen LogP contribution in [0.4, 0.5) is 0 Å². The summed E-state index contributed by atoms with van der Waals surface area (Å²) in [5.41, 5.74) is 3.52. The van der Waals surface area contributed by atoms with Gasteiger partial charge in [0.25, 0.3) is 0 Å². The number of aliphatic hydroxyl groups is 1. The fourth-order valence-corrected chi connectivity index (χ4v) is 2.62. The second-order valence-electron chi connectivity index (χ2n) is 5.11. The Hall–Kier alpha value is -1.52. The standard InChI is InChI=1S/C16H21ClN2O2/c1-5-19-13(16(17)11(3)18-19)9-14(20)12-7-6-10(2)15(8-12)21-4/h6-8,14,20H,5,9H2,1-4H3. The summed E-state index contributed by atoms with van der Waals surface area (Å²) in [5, 5.41) is 15.5. The first-order chi connectivity index (χ1) is 9.97. The highest BCUT2D eigenvalue weighted by Gasteiger charge is 2.18. The monoisotopic (exact) mass is 308 g/mol. The summed E-state index contributed by atoms with van der Waals surface area (Å²) in [4.78, 5) is 0. The van der Waals surface area contributed by atoms with Crippen molar-refractivity contribution in [3.05, 3.63) is 45.7 Å². The van der Waals surface area contributed by atoms with E-state index in [-0.39, 0.29) is 0 Å². The van der Waals surface area contributed by atoms with E-state index in [2.05, 4.69) is 5.10 Å². The first-order valence-electron chi connectivity index (χ1n) is 7.02. The van der Waals surface area contributed by atoms with Gasteiger partial charge in [-0.2, -0.15) is 5.10 Å². The maximum Gasteiger partial charge on any atom is 0.122 e. The first kappa shape index (κ1) is 15.9. The van der Waals surface area contributed by atoms with Crippen LogP contribution in [0.15, 0.2) is 18.2 Å². The molecular formula is C16H21ClN2O2. The summed E-state index contributed by atoms with van der Waals surface area (Å²) < 4.78 is 7.14. The molecule has 0 aliphatic heterocycles. The molecule has 21 heavy (non-hydrogen) atoms. The number of aryl methyl sites for hydroxylation is 3. The molecule has 114 valence electrons. The Balaban J connectivity index is 2.28. The lowest BCUT2D eigenvalue weighted by Gasteiger charge is -2.14. The Kier molecular flexibility index (Phi) is 4.91. The van der Waals surface area contributed by atoms with Gasteiger partial charge in [0.05, 0.1) is 29.6 Å². The van der Waals surface area contributed by atoms with Gasteiger partial charge in [0.1, 0.15) is 5.75 Å². The van der Waals surface area contributed by atoms with Crippen LogP contribution in [0.3, 0.4) is 0 Å². The molecule has 1 aromatic carbocycles. The second kappa shape index (κ2) is 6.50. The van der Waals surface area contributed by atoms with Gasteiger partial charge in [0.2, 0.25) is 0 Å². The molecule has 0 bridgehead atoms. The molecule has 2 aromatic rings. The highest BCUT2D eigenvalue weighted by molar-refractivity contribution is 6.31. The molecule has 4 nitrogen and oxygen atoms in total. The zero-order chi connectivity index (χ0) is 15.6. The SMILES string of the molecule is CCn1nc(C)c(Cl)c1CC(O)c1ccc(C)c(OC)c1. The predicted molar refractivity (Wildman–Crippen MR) is 84.0 cm³/mol. The zero-order valence-electron chi connectivity index (χ0n) is 12.9. The van der Waals surface area contributed by atoms with Crippen molar-refractivity contribution >= 4 is 11.6 Å². The minimum atomic E-state index is -0.640. The van der Waals surface area contributed by atoms with Crippen LogP contribution in [0, 0.1) is 13.8 Å². The van der Waals surface area contributed by atoms with E-state index >= 15 is 0 Å². The molecule has 0 fully saturated rings. The van der Waals surface area contributed by atoms with Crippen LogP contribution in [0.25, 0.3) is 0 Å². The van der Waals surface area contributed by atoms with Crippen molar-refractivity contribution in [2.24, 2.45) is 0 Å². The lowest BCUT2D eigenvalue weighted by molar-refractivity contribution is 0.175. The molecule has 0 saturated heterocycles. The number of rotatable bonds is 5. The summed E-state index contributed by atoms with van der Waals surface area (Å²) >= 11 is 6.29. The maximum atomic E-state index is 10.5. The quantitative estimate of drug-likeness (QED) is 0.920. The van der Waals surface area contributed by atoms with Gasteiger partial charge in [-0.1, -0.05) is 23.7 Å². The van der Waals surface area contributed by atoms with Crippen LogP contribution in [0.2, 0.25) is 5.02 Å². The number of methoxy groups -OCH3 is 1. The van der Waals surface area contributed by atoms with Crippen LogP contribution in [-0.2, 0) is 13.0 Å². The Morgan fingerprint density at radius 3 is 2.71 bits per heavy atom. The van der Waals surface area contributed by atoms with E-state index in [0.29, 0.717) is 11.4 Å².